The van der Waals surface area contributed by atoms with Crippen LogP contribution in [-0.4, -0.2) is 28.3 Å². The number of fused-ring (bicyclic) bond motifs is 1. The normalized spacial score (nSPS) is 12.1. The Bertz CT molecular complexity index is 1180. The fourth-order valence-corrected chi connectivity index (χ4v) is 3.88. The van der Waals surface area contributed by atoms with Crippen molar-refractivity contribution in [2.24, 2.45) is 5.10 Å². The molecular weight excluding hydrogens is 534 g/mol. The number of rotatable bonds is 7. The second kappa shape index (κ2) is 9.88. The SMILES string of the molecule is CC[C@H](Oc1ccc2ccccc2c1Br)C(=O)N/N=C\c1cc([N+](=O)[O-])cc(Br)c1O. The lowest BCUT2D eigenvalue weighted by Gasteiger charge is -2.17. The van der Waals surface area contributed by atoms with E-state index in [1.54, 1.807) is 13.0 Å². The molecule has 31 heavy (non-hydrogen) atoms. The van der Waals surface area contributed by atoms with Crippen LogP contribution in [0.4, 0.5) is 5.69 Å². The van der Waals surface area contributed by atoms with E-state index in [9.17, 15) is 20.0 Å². The highest BCUT2D eigenvalue weighted by Gasteiger charge is 2.20. The maximum atomic E-state index is 12.5. The topological polar surface area (TPSA) is 114 Å². The molecule has 2 N–H and O–H groups in total. The number of hydrazone groups is 1. The number of carbonyl (C=O) groups excluding carboxylic acids is 1. The number of hydrogen-bond donors (Lipinski definition) is 2. The number of phenolic OH excluding ortho intramolecular Hbond substituents is 1. The largest absolute Gasteiger partial charge is 0.506 e. The Morgan fingerprint density at radius 1 is 1.29 bits per heavy atom. The Morgan fingerprint density at radius 2 is 2.03 bits per heavy atom. The highest BCUT2D eigenvalue weighted by Crippen LogP contribution is 2.34. The van der Waals surface area contributed by atoms with Gasteiger partial charge in [0, 0.05) is 17.7 Å². The summed E-state index contributed by atoms with van der Waals surface area (Å²) in [6.07, 6.45) is 0.692. The molecule has 160 valence electrons. The van der Waals surface area contributed by atoms with E-state index < -0.39 is 16.9 Å². The van der Waals surface area contributed by atoms with Gasteiger partial charge < -0.3 is 9.84 Å². The van der Waals surface area contributed by atoms with Crippen LogP contribution in [0.1, 0.15) is 18.9 Å². The standard InChI is InChI=1S/C21H17Br2N3O5/c1-2-17(31-18-8-7-12-5-3-4-6-15(12)19(18)23)21(28)25-24-11-13-9-14(26(29)30)10-16(22)20(13)27/h3-11,17,27H,2H2,1H3,(H,25,28)/b24-11-/t17-/m0/s1. The number of phenols is 1. The number of halogens is 2. The van der Waals surface area contributed by atoms with E-state index in [2.05, 4.69) is 42.4 Å². The number of hydrogen-bond acceptors (Lipinski definition) is 6. The molecule has 0 aliphatic rings. The van der Waals surface area contributed by atoms with Gasteiger partial charge in [-0.2, -0.15) is 5.10 Å². The lowest BCUT2D eigenvalue weighted by molar-refractivity contribution is -0.385. The van der Waals surface area contributed by atoms with Crippen molar-refractivity contribution in [3.05, 3.63) is 73.2 Å². The van der Waals surface area contributed by atoms with E-state index in [1.807, 2.05) is 30.3 Å². The molecule has 0 bridgehead atoms. The molecular formula is C21H17Br2N3O5. The Kier molecular flexibility index (Phi) is 7.24. The van der Waals surface area contributed by atoms with Crippen molar-refractivity contribution in [1.82, 2.24) is 5.43 Å². The van der Waals surface area contributed by atoms with E-state index in [4.69, 9.17) is 4.74 Å². The van der Waals surface area contributed by atoms with E-state index in [-0.39, 0.29) is 21.5 Å². The lowest BCUT2D eigenvalue weighted by atomic mass is 10.1. The third-order valence-corrected chi connectivity index (χ3v) is 5.85. The highest BCUT2D eigenvalue weighted by molar-refractivity contribution is 9.11. The van der Waals surface area contributed by atoms with Crippen LogP contribution >= 0.6 is 31.9 Å². The molecule has 0 fully saturated rings. The Labute approximate surface area is 194 Å². The zero-order chi connectivity index (χ0) is 22.5. The molecule has 3 rings (SSSR count). The first-order valence-electron chi connectivity index (χ1n) is 9.15. The predicted molar refractivity (Wildman–Crippen MR) is 125 cm³/mol. The van der Waals surface area contributed by atoms with Gasteiger partial charge in [0.05, 0.1) is 20.1 Å². The summed E-state index contributed by atoms with van der Waals surface area (Å²) in [5.74, 6) is -0.209. The first-order chi connectivity index (χ1) is 14.8. The monoisotopic (exact) mass is 549 g/mol. The van der Waals surface area contributed by atoms with Crippen LogP contribution in [0.5, 0.6) is 11.5 Å². The number of aromatic hydroxyl groups is 1. The molecule has 0 heterocycles. The molecule has 0 radical (unpaired) electrons. The molecule has 0 saturated heterocycles. The van der Waals surface area contributed by atoms with Gasteiger partial charge in [-0.1, -0.05) is 37.3 Å². The molecule has 0 aliphatic carbocycles. The number of nitrogens with zero attached hydrogens (tertiary/aromatic N) is 2. The molecule has 0 aromatic heterocycles. The predicted octanol–water partition coefficient (Wildman–Crippen LogP) is 5.29. The van der Waals surface area contributed by atoms with Crippen molar-refractivity contribution in [3.8, 4) is 11.5 Å². The summed E-state index contributed by atoms with van der Waals surface area (Å²) in [6.45, 7) is 1.80. The quantitative estimate of drug-likeness (QED) is 0.236. The summed E-state index contributed by atoms with van der Waals surface area (Å²) in [5, 5.41) is 26.8. The van der Waals surface area contributed by atoms with Crippen molar-refractivity contribution in [1.29, 1.82) is 0 Å². The summed E-state index contributed by atoms with van der Waals surface area (Å²) in [4.78, 5) is 22.9. The van der Waals surface area contributed by atoms with Gasteiger partial charge in [-0.3, -0.25) is 14.9 Å². The number of carbonyl (C=O) groups is 1. The minimum atomic E-state index is -0.819. The van der Waals surface area contributed by atoms with E-state index in [0.717, 1.165) is 27.5 Å². The van der Waals surface area contributed by atoms with E-state index in [0.29, 0.717) is 12.2 Å². The van der Waals surface area contributed by atoms with Gasteiger partial charge in [0.2, 0.25) is 0 Å². The van der Waals surface area contributed by atoms with Crippen LogP contribution in [0.2, 0.25) is 0 Å². The third-order valence-electron chi connectivity index (χ3n) is 4.43. The second-order valence-corrected chi connectivity index (χ2v) is 8.12. The smallest absolute Gasteiger partial charge is 0.281 e. The molecule has 1 atom stereocenters. The molecule has 10 heteroatoms. The number of ether oxygens (including phenoxy) is 1. The van der Waals surface area contributed by atoms with Crippen LogP contribution in [0.25, 0.3) is 10.8 Å². The Hall–Kier alpha value is -2.98. The summed E-state index contributed by atoms with van der Waals surface area (Å²) in [6, 6.07) is 13.8. The van der Waals surface area contributed by atoms with Gasteiger partial charge in [-0.25, -0.2) is 5.43 Å². The van der Waals surface area contributed by atoms with E-state index in [1.165, 1.54) is 6.07 Å². The molecule has 3 aromatic carbocycles. The number of nitro groups is 1. The molecule has 0 saturated carbocycles. The summed E-state index contributed by atoms with van der Waals surface area (Å²) in [5.41, 5.74) is 2.20. The summed E-state index contributed by atoms with van der Waals surface area (Å²) in [7, 11) is 0. The fraction of sp³-hybridized carbons (Fsp3) is 0.143. The fourth-order valence-electron chi connectivity index (χ4n) is 2.83. The lowest BCUT2D eigenvalue weighted by Crippen LogP contribution is -2.35. The zero-order valence-corrected chi connectivity index (χ0v) is 19.4. The van der Waals surface area contributed by atoms with Gasteiger partial charge >= 0.3 is 0 Å². The van der Waals surface area contributed by atoms with Gasteiger partial charge in [0.15, 0.2) is 6.10 Å². The molecule has 8 nitrogen and oxygen atoms in total. The number of amides is 1. The number of nitrogens with one attached hydrogen (secondary N) is 1. The minimum absolute atomic E-state index is 0.0765. The van der Waals surface area contributed by atoms with Crippen molar-refractivity contribution in [2.75, 3.05) is 0 Å². The third kappa shape index (κ3) is 5.20. The van der Waals surface area contributed by atoms with Crippen molar-refractivity contribution in [3.63, 3.8) is 0 Å². The number of nitro benzene ring substituents is 1. The van der Waals surface area contributed by atoms with Crippen molar-refractivity contribution in [2.45, 2.75) is 19.4 Å². The number of non-ortho nitro benzene ring substituents is 1. The summed E-state index contributed by atoms with van der Waals surface area (Å²) < 4.78 is 6.77. The first kappa shape index (κ1) is 22.7. The van der Waals surface area contributed by atoms with Crippen LogP contribution in [-0.2, 0) is 4.79 Å². The van der Waals surface area contributed by atoms with Crippen LogP contribution < -0.4 is 10.2 Å². The minimum Gasteiger partial charge on any atom is -0.506 e. The molecule has 0 aliphatic heterocycles. The van der Waals surface area contributed by atoms with Gasteiger partial charge in [0.1, 0.15) is 11.5 Å². The Morgan fingerprint density at radius 3 is 2.74 bits per heavy atom. The molecule has 0 unspecified atom stereocenters. The van der Waals surface area contributed by atoms with Crippen LogP contribution in [0.3, 0.4) is 0 Å². The maximum absolute atomic E-state index is 12.5. The van der Waals surface area contributed by atoms with Gasteiger partial charge in [-0.05, 0) is 55.1 Å². The summed E-state index contributed by atoms with van der Waals surface area (Å²) >= 11 is 6.58. The first-order valence-corrected chi connectivity index (χ1v) is 10.7. The van der Waals surface area contributed by atoms with Crippen LogP contribution in [0.15, 0.2) is 62.6 Å². The average Bonchev–Trinajstić information content (AvgIpc) is 2.76. The molecule has 0 spiro atoms. The Balaban J connectivity index is 1.74. The van der Waals surface area contributed by atoms with Crippen LogP contribution in [0, 0.1) is 10.1 Å². The van der Waals surface area contributed by atoms with Gasteiger partial charge in [-0.15, -0.1) is 0 Å². The average molecular weight is 551 g/mol. The maximum Gasteiger partial charge on any atom is 0.281 e. The second-order valence-electron chi connectivity index (χ2n) is 6.47. The van der Waals surface area contributed by atoms with E-state index >= 15 is 0 Å². The molecule has 3 aromatic rings. The van der Waals surface area contributed by atoms with Crippen molar-refractivity contribution >= 4 is 60.4 Å². The number of benzene rings is 3. The van der Waals surface area contributed by atoms with Crippen molar-refractivity contribution < 1.29 is 19.6 Å². The zero-order valence-electron chi connectivity index (χ0n) is 16.2. The highest BCUT2D eigenvalue weighted by atomic mass is 79.9. The molecule has 1 amide bonds. The van der Waals surface area contributed by atoms with Gasteiger partial charge in [0.25, 0.3) is 11.6 Å².